The molecule has 0 amide bonds. The number of nitrogens with zero attached hydrogens (tertiary/aromatic N) is 1. The van der Waals surface area contributed by atoms with Gasteiger partial charge in [0.25, 0.3) is 0 Å². The quantitative estimate of drug-likeness (QED) is 0.626. The van der Waals surface area contributed by atoms with E-state index in [1.54, 1.807) is 6.20 Å². The van der Waals surface area contributed by atoms with Crippen LogP contribution in [0.1, 0.15) is 5.69 Å². The number of aromatic nitrogens is 1. The van der Waals surface area contributed by atoms with Crippen molar-refractivity contribution in [2.24, 2.45) is 0 Å². The maximum atomic E-state index is 5.59. The van der Waals surface area contributed by atoms with E-state index in [1.807, 2.05) is 24.3 Å². The molecule has 2 aromatic rings. The summed E-state index contributed by atoms with van der Waals surface area (Å²) in [5.74, 6) is 0.952. The maximum Gasteiger partial charge on any atom is 0.131 e. The van der Waals surface area contributed by atoms with E-state index in [1.165, 1.54) is 5.56 Å². The molecule has 0 saturated carbocycles. The summed E-state index contributed by atoms with van der Waals surface area (Å²) in [5.41, 5.74) is 3.35. The third-order valence-corrected chi connectivity index (χ3v) is 2.43. The fraction of sp³-hybridized carbons (Fsp3) is 0.0833. The van der Waals surface area contributed by atoms with Crippen molar-refractivity contribution in [3.05, 3.63) is 48.3 Å². The first-order chi connectivity index (χ1) is 6.95. The van der Waals surface area contributed by atoms with Gasteiger partial charge in [0.15, 0.2) is 0 Å². The van der Waals surface area contributed by atoms with Crippen LogP contribution < -0.4 is 4.74 Å². The van der Waals surface area contributed by atoms with Gasteiger partial charge in [-0.2, -0.15) is 0 Å². The van der Waals surface area contributed by atoms with Gasteiger partial charge in [-0.3, -0.25) is 4.98 Å². The summed E-state index contributed by atoms with van der Waals surface area (Å²) in [7, 11) is 0. The molecule has 14 heavy (non-hydrogen) atoms. The molecular weight excluding hydrogens is 174 g/mol. The zero-order chi connectivity index (χ0) is 9.38. The van der Waals surface area contributed by atoms with E-state index in [4.69, 9.17) is 4.74 Å². The van der Waals surface area contributed by atoms with Crippen LogP contribution >= 0.6 is 0 Å². The molecule has 68 valence electrons. The molecule has 0 N–H and O–H groups in total. The number of para-hydroxylation sites is 1. The Labute approximate surface area is 82.2 Å². The third-order valence-electron chi connectivity index (χ3n) is 2.43. The molecule has 2 nitrogen and oxygen atoms in total. The van der Waals surface area contributed by atoms with Crippen molar-refractivity contribution in [2.45, 2.75) is 6.61 Å². The Morgan fingerprint density at radius 1 is 1.00 bits per heavy atom. The summed E-state index contributed by atoms with van der Waals surface area (Å²) < 4.78 is 5.59. The normalized spacial score (nSPS) is 12.6. The van der Waals surface area contributed by atoms with Gasteiger partial charge >= 0.3 is 0 Å². The molecule has 0 bridgehead atoms. The van der Waals surface area contributed by atoms with E-state index in [-0.39, 0.29) is 0 Å². The Balaban J connectivity index is 2.29. The fourth-order valence-electron chi connectivity index (χ4n) is 1.76. The minimum Gasteiger partial charge on any atom is -0.487 e. The summed E-state index contributed by atoms with van der Waals surface area (Å²) in [4.78, 5) is 4.29. The second kappa shape index (κ2) is 2.84. The van der Waals surface area contributed by atoms with Crippen LogP contribution in [0.3, 0.4) is 0 Å². The van der Waals surface area contributed by atoms with E-state index in [2.05, 4.69) is 17.1 Å². The van der Waals surface area contributed by atoms with Crippen molar-refractivity contribution >= 4 is 0 Å². The lowest BCUT2D eigenvalue weighted by Crippen LogP contribution is -2.06. The zero-order valence-electron chi connectivity index (χ0n) is 7.60. The minimum absolute atomic E-state index is 0.577. The Kier molecular flexibility index (Phi) is 1.53. The van der Waals surface area contributed by atoms with Gasteiger partial charge in [-0.25, -0.2) is 0 Å². The zero-order valence-corrected chi connectivity index (χ0v) is 7.60. The molecule has 0 radical (unpaired) electrons. The second-order valence-corrected chi connectivity index (χ2v) is 3.28. The monoisotopic (exact) mass is 183 g/mol. The molecule has 1 aromatic carbocycles. The van der Waals surface area contributed by atoms with Crippen molar-refractivity contribution in [3.63, 3.8) is 0 Å². The van der Waals surface area contributed by atoms with Crippen LogP contribution in [0.15, 0.2) is 42.6 Å². The number of pyridine rings is 1. The first-order valence-electron chi connectivity index (χ1n) is 4.61. The van der Waals surface area contributed by atoms with Gasteiger partial charge in [-0.1, -0.05) is 24.3 Å². The molecule has 0 saturated heterocycles. The largest absolute Gasteiger partial charge is 0.487 e. The van der Waals surface area contributed by atoms with Gasteiger partial charge in [0.05, 0.1) is 5.69 Å². The molecule has 0 aliphatic carbocycles. The molecule has 1 aliphatic heterocycles. The maximum absolute atomic E-state index is 5.59. The summed E-state index contributed by atoms with van der Waals surface area (Å²) in [6.45, 7) is 0.577. The first kappa shape index (κ1) is 7.56. The van der Waals surface area contributed by atoms with Crippen LogP contribution in [-0.4, -0.2) is 4.98 Å². The van der Waals surface area contributed by atoms with Crippen molar-refractivity contribution < 1.29 is 4.74 Å². The number of ether oxygens (including phenoxy) is 1. The summed E-state index contributed by atoms with van der Waals surface area (Å²) >= 11 is 0. The van der Waals surface area contributed by atoms with Crippen molar-refractivity contribution in [2.75, 3.05) is 0 Å². The molecule has 0 unspecified atom stereocenters. The highest BCUT2D eigenvalue weighted by Gasteiger charge is 2.16. The van der Waals surface area contributed by atoms with Gasteiger partial charge in [-0.05, 0) is 12.1 Å². The Morgan fingerprint density at radius 3 is 2.86 bits per heavy atom. The SMILES string of the molecule is c1ccc2c(c1)OCc1ncccc1-2. The van der Waals surface area contributed by atoms with Crippen molar-refractivity contribution in [1.29, 1.82) is 0 Å². The highest BCUT2D eigenvalue weighted by molar-refractivity contribution is 5.73. The smallest absolute Gasteiger partial charge is 0.131 e. The standard InChI is InChI=1S/C12H9NO/c1-2-6-12-10(4-1)9-5-3-7-13-11(9)8-14-12/h1-7H,8H2. The van der Waals surface area contributed by atoms with Gasteiger partial charge < -0.3 is 4.74 Å². The van der Waals surface area contributed by atoms with Crippen LogP contribution in [0.4, 0.5) is 0 Å². The average molecular weight is 183 g/mol. The van der Waals surface area contributed by atoms with E-state index in [0.29, 0.717) is 6.61 Å². The number of hydrogen-bond donors (Lipinski definition) is 0. The number of benzene rings is 1. The minimum atomic E-state index is 0.577. The summed E-state index contributed by atoms with van der Waals surface area (Å²) in [6.07, 6.45) is 1.80. The molecule has 0 spiro atoms. The predicted octanol–water partition coefficient (Wildman–Crippen LogP) is 2.64. The van der Waals surface area contributed by atoms with E-state index < -0.39 is 0 Å². The molecule has 0 fully saturated rings. The van der Waals surface area contributed by atoms with E-state index >= 15 is 0 Å². The van der Waals surface area contributed by atoms with Crippen LogP contribution in [0.25, 0.3) is 11.1 Å². The highest BCUT2D eigenvalue weighted by atomic mass is 16.5. The Bertz CT molecular complexity index is 434. The van der Waals surface area contributed by atoms with Gasteiger partial charge in [-0.15, -0.1) is 0 Å². The summed E-state index contributed by atoms with van der Waals surface area (Å²) in [5, 5.41) is 0. The van der Waals surface area contributed by atoms with Crippen LogP contribution in [0.2, 0.25) is 0 Å². The van der Waals surface area contributed by atoms with Gasteiger partial charge in [0.2, 0.25) is 0 Å². The van der Waals surface area contributed by atoms with Gasteiger partial charge in [0, 0.05) is 17.3 Å². The number of hydrogen-bond acceptors (Lipinski definition) is 2. The van der Waals surface area contributed by atoms with E-state index in [9.17, 15) is 0 Å². The topological polar surface area (TPSA) is 22.1 Å². The molecule has 3 rings (SSSR count). The number of fused-ring (bicyclic) bond motifs is 3. The molecule has 2 heteroatoms. The van der Waals surface area contributed by atoms with Crippen LogP contribution in [0.5, 0.6) is 5.75 Å². The molecule has 2 heterocycles. The van der Waals surface area contributed by atoms with Crippen LogP contribution in [0, 0.1) is 0 Å². The average Bonchev–Trinajstić information content (AvgIpc) is 2.29. The van der Waals surface area contributed by atoms with Crippen molar-refractivity contribution in [3.8, 4) is 16.9 Å². The lowest BCUT2D eigenvalue weighted by atomic mass is 10.0. The van der Waals surface area contributed by atoms with E-state index in [0.717, 1.165) is 17.0 Å². The van der Waals surface area contributed by atoms with Crippen LogP contribution in [-0.2, 0) is 6.61 Å². The first-order valence-corrected chi connectivity index (χ1v) is 4.61. The second-order valence-electron chi connectivity index (χ2n) is 3.28. The van der Waals surface area contributed by atoms with Gasteiger partial charge in [0.1, 0.15) is 12.4 Å². The summed E-state index contributed by atoms with van der Waals surface area (Å²) in [6, 6.07) is 12.1. The molecule has 0 atom stereocenters. The predicted molar refractivity (Wildman–Crippen MR) is 54.0 cm³/mol. The molecule has 1 aliphatic rings. The highest BCUT2D eigenvalue weighted by Crippen LogP contribution is 2.35. The third kappa shape index (κ3) is 1.01. The molecule has 1 aromatic heterocycles. The fourth-order valence-corrected chi connectivity index (χ4v) is 1.76. The molecular formula is C12H9NO. The number of rotatable bonds is 0. The lowest BCUT2D eigenvalue weighted by molar-refractivity contribution is 0.297. The Morgan fingerprint density at radius 2 is 1.86 bits per heavy atom. The lowest BCUT2D eigenvalue weighted by Gasteiger charge is -2.19. The van der Waals surface area contributed by atoms with Crippen molar-refractivity contribution in [1.82, 2.24) is 4.98 Å². The Hall–Kier alpha value is -1.83.